The molecule has 1 aromatic heterocycles. The molecule has 0 aromatic carbocycles. The molecule has 5 nitrogen and oxygen atoms in total. The molecule has 20 heavy (non-hydrogen) atoms. The topological polar surface area (TPSA) is 71.2 Å². The summed E-state index contributed by atoms with van der Waals surface area (Å²) in [6.07, 6.45) is 2.42. The van der Waals surface area contributed by atoms with Gasteiger partial charge in [0.1, 0.15) is 5.56 Å². The van der Waals surface area contributed by atoms with E-state index in [0.717, 1.165) is 12.1 Å². The Morgan fingerprint density at radius 1 is 1.55 bits per heavy atom. The zero-order chi connectivity index (χ0) is 14.9. The van der Waals surface area contributed by atoms with Crippen LogP contribution in [-0.2, 0) is 4.74 Å². The fourth-order valence-corrected chi connectivity index (χ4v) is 2.60. The van der Waals surface area contributed by atoms with Crippen molar-refractivity contribution in [3.63, 3.8) is 0 Å². The third kappa shape index (κ3) is 2.63. The average Bonchev–Trinajstić information content (AvgIpc) is 2.37. The van der Waals surface area contributed by atoms with Crippen molar-refractivity contribution in [2.24, 2.45) is 5.41 Å². The second-order valence-corrected chi connectivity index (χ2v) is 5.92. The molecule has 1 aliphatic rings. The van der Waals surface area contributed by atoms with Gasteiger partial charge in [0.15, 0.2) is 5.43 Å². The van der Waals surface area contributed by atoms with Crippen molar-refractivity contribution in [3.05, 3.63) is 33.7 Å². The zero-order valence-corrected chi connectivity index (χ0v) is 12.4. The number of hydrogen-bond acceptors (Lipinski definition) is 3. The first-order chi connectivity index (χ1) is 9.36. The first-order valence-electron chi connectivity index (χ1n) is 6.98. The summed E-state index contributed by atoms with van der Waals surface area (Å²) < 4.78 is 5.63. The van der Waals surface area contributed by atoms with E-state index in [1.807, 2.05) is 6.92 Å². The summed E-state index contributed by atoms with van der Waals surface area (Å²) in [6.45, 7) is 8.56. The van der Waals surface area contributed by atoms with Gasteiger partial charge in [0.05, 0.1) is 6.10 Å². The lowest BCUT2D eigenvalue weighted by atomic mass is 9.64. The van der Waals surface area contributed by atoms with Gasteiger partial charge in [-0.15, -0.1) is 0 Å². The Morgan fingerprint density at radius 3 is 2.80 bits per heavy atom. The molecule has 0 saturated heterocycles. The van der Waals surface area contributed by atoms with E-state index in [1.165, 1.54) is 12.3 Å². The van der Waals surface area contributed by atoms with E-state index in [1.54, 1.807) is 6.92 Å². The molecular formula is C15H22N2O3. The van der Waals surface area contributed by atoms with Gasteiger partial charge in [-0.3, -0.25) is 9.59 Å². The molecule has 0 spiro atoms. The maximum Gasteiger partial charge on any atom is 0.256 e. The van der Waals surface area contributed by atoms with Gasteiger partial charge in [-0.1, -0.05) is 13.8 Å². The molecule has 0 aliphatic heterocycles. The average molecular weight is 278 g/mol. The van der Waals surface area contributed by atoms with Crippen LogP contribution in [0.2, 0.25) is 0 Å². The van der Waals surface area contributed by atoms with Gasteiger partial charge in [-0.25, -0.2) is 0 Å². The van der Waals surface area contributed by atoms with Crippen LogP contribution >= 0.6 is 0 Å². The van der Waals surface area contributed by atoms with Crippen molar-refractivity contribution in [1.82, 2.24) is 10.3 Å². The summed E-state index contributed by atoms with van der Waals surface area (Å²) in [5.41, 5.74) is 0.541. The Hall–Kier alpha value is -1.62. The van der Waals surface area contributed by atoms with Crippen LogP contribution in [-0.4, -0.2) is 29.6 Å². The normalized spacial score (nSPS) is 24.0. The van der Waals surface area contributed by atoms with Gasteiger partial charge in [-0.2, -0.15) is 0 Å². The van der Waals surface area contributed by atoms with Crippen molar-refractivity contribution in [1.29, 1.82) is 0 Å². The molecule has 1 aliphatic carbocycles. The van der Waals surface area contributed by atoms with Crippen molar-refractivity contribution in [2.75, 3.05) is 6.61 Å². The van der Waals surface area contributed by atoms with E-state index in [9.17, 15) is 9.59 Å². The van der Waals surface area contributed by atoms with Crippen molar-refractivity contribution in [2.45, 2.75) is 46.3 Å². The lowest BCUT2D eigenvalue weighted by Crippen LogP contribution is -2.62. The minimum absolute atomic E-state index is 0.0345. The van der Waals surface area contributed by atoms with Crippen molar-refractivity contribution >= 4 is 5.91 Å². The molecule has 2 atom stereocenters. The number of carbonyl (C=O) groups is 1. The largest absolute Gasteiger partial charge is 0.378 e. The Kier molecular flexibility index (Phi) is 3.99. The van der Waals surface area contributed by atoms with Gasteiger partial charge in [0.2, 0.25) is 0 Å². The Morgan fingerprint density at radius 2 is 2.25 bits per heavy atom. The van der Waals surface area contributed by atoms with Crippen LogP contribution in [0.4, 0.5) is 0 Å². The third-order valence-corrected chi connectivity index (χ3v) is 4.15. The predicted octanol–water partition coefficient (Wildman–Crippen LogP) is 1.62. The van der Waals surface area contributed by atoms with Gasteiger partial charge in [0, 0.05) is 36.0 Å². The molecule has 1 amide bonds. The second kappa shape index (κ2) is 5.40. The van der Waals surface area contributed by atoms with Gasteiger partial charge < -0.3 is 15.0 Å². The minimum Gasteiger partial charge on any atom is -0.378 e. The fraction of sp³-hybridized carbons (Fsp3) is 0.600. The number of nitrogens with one attached hydrogen (secondary N) is 2. The number of aromatic amines is 1. The Balaban J connectivity index is 2.05. The highest BCUT2D eigenvalue weighted by atomic mass is 16.5. The predicted molar refractivity (Wildman–Crippen MR) is 76.9 cm³/mol. The maximum atomic E-state index is 12.2. The smallest absolute Gasteiger partial charge is 0.256 e. The van der Waals surface area contributed by atoms with Crippen LogP contribution in [0, 0.1) is 12.3 Å². The number of hydrogen-bond donors (Lipinski definition) is 2. The molecule has 2 N–H and O–H groups in total. The van der Waals surface area contributed by atoms with Gasteiger partial charge >= 0.3 is 0 Å². The summed E-state index contributed by atoms with van der Waals surface area (Å²) in [5.74, 6) is -0.320. The molecule has 110 valence electrons. The molecule has 1 aromatic rings. The van der Waals surface area contributed by atoms with Crippen LogP contribution in [0.25, 0.3) is 0 Å². The number of carbonyl (C=O) groups excluding carboxylic acids is 1. The van der Waals surface area contributed by atoms with Crippen LogP contribution < -0.4 is 10.7 Å². The zero-order valence-electron chi connectivity index (χ0n) is 12.4. The van der Waals surface area contributed by atoms with E-state index < -0.39 is 0 Å². The van der Waals surface area contributed by atoms with Crippen LogP contribution in [0.5, 0.6) is 0 Å². The summed E-state index contributed by atoms with van der Waals surface area (Å²) in [4.78, 5) is 26.8. The lowest BCUT2D eigenvalue weighted by molar-refractivity contribution is -0.111. The molecular weight excluding hydrogens is 256 g/mol. The van der Waals surface area contributed by atoms with E-state index >= 15 is 0 Å². The number of ether oxygens (including phenoxy) is 1. The van der Waals surface area contributed by atoms with Gasteiger partial charge in [-0.05, 0) is 20.3 Å². The molecule has 5 heteroatoms. The highest BCUT2D eigenvalue weighted by molar-refractivity contribution is 5.94. The molecule has 0 radical (unpaired) electrons. The number of aryl methyl sites for hydroxylation is 1. The van der Waals surface area contributed by atoms with Crippen molar-refractivity contribution in [3.8, 4) is 0 Å². The Labute approximate surface area is 118 Å². The van der Waals surface area contributed by atoms with Gasteiger partial charge in [0.25, 0.3) is 5.91 Å². The van der Waals surface area contributed by atoms with Crippen LogP contribution in [0.1, 0.15) is 43.2 Å². The maximum absolute atomic E-state index is 12.2. The Bertz CT molecular complexity index is 562. The molecule has 2 rings (SSSR count). The van der Waals surface area contributed by atoms with Crippen molar-refractivity contribution < 1.29 is 9.53 Å². The first kappa shape index (κ1) is 14.8. The standard InChI is InChI=1S/C15H22N2O3/c1-5-20-13-7-12(15(13,3)4)17-14(19)10-8-16-9(2)6-11(10)18/h6,8,12-13H,5,7H2,1-4H3,(H,16,18)(H,17,19). The summed E-state index contributed by atoms with van der Waals surface area (Å²) in [5, 5.41) is 2.93. The molecule has 1 fully saturated rings. The van der Waals surface area contributed by atoms with Crippen LogP contribution in [0.15, 0.2) is 17.1 Å². The number of amides is 1. The number of H-pyrrole nitrogens is 1. The van der Waals surface area contributed by atoms with E-state index in [-0.39, 0.29) is 34.5 Å². The molecule has 1 heterocycles. The quantitative estimate of drug-likeness (QED) is 0.879. The van der Waals surface area contributed by atoms with E-state index in [2.05, 4.69) is 24.1 Å². The number of pyridine rings is 1. The first-order valence-corrected chi connectivity index (χ1v) is 6.98. The highest BCUT2D eigenvalue weighted by Crippen LogP contribution is 2.42. The highest BCUT2D eigenvalue weighted by Gasteiger charge is 2.49. The third-order valence-electron chi connectivity index (χ3n) is 4.15. The SMILES string of the molecule is CCOC1CC(NC(=O)c2c[nH]c(C)cc2=O)C1(C)C. The summed E-state index contributed by atoms with van der Waals surface area (Å²) in [6, 6.07) is 1.47. The number of rotatable bonds is 4. The van der Waals surface area contributed by atoms with Crippen LogP contribution in [0.3, 0.4) is 0 Å². The fourth-order valence-electron chi connectivity index (χ4n) is 2.60. The molecule has 0 bridgehead atoms. The molecule has 1 saturated carbocycles. The van der Waals surface area contributed by atoms with E-state index in [4.69, 9.17) is 4.74 Å². The lowest BCUT2D eigenvalue weighted by Gasteiger charge is -2.51. The summed E-state index contributed by atoms with van der Waals surface area (Å²) >= 11 is 0. The van der Waals surface area contributed by atoms with E-state index in [0.29, 0.717) is 6.61 Å². The summed E-state index contributed by atoms with van der Waals surface area (Å²) in [7, 11) is 0. The number of aromatic nitrogens is 1. The minimum atomic E-state index is -0.320. The second-order valence-electron chi connectivity index (χ2n) is 5.92. The monoisotopic (exact) mass is 278 g/mol. The molecule has 2 unspecified atom stereocenters.